The molecule has 1 fully saturated rings. The van der Waals surface area contributed by atoms with Gasteiger partial charge in [-0.2, -0.15) is 0 Å². The van der Waals surface area contributed by atoms with Crippen molar-refractivity contribution >= 4 is 11.9 Å². The molecule has 2 aliphatic rings. The maximum Gasteiger partial charge on any atom is 0.341 e. The van der Waals surface area contributed by atoms with Gasteiger partial charge in [-0.05, 0) is 37.1 Å². The summed E-state index contributed by atoms with van der Waals surface area (Å²) in [7, 11) is 0. The number of aliphatic carboxylic acids is 1. The van der Waals surface area contributed by atoms with Crippen LogP contribution >= 0.6 is 0 Å². The first kappa shape index (κ1) is 18.2. The molecule has 1 N–H and O–H groups in total. The summed E-state index contributed by atoms with van der Waals surface area (Å²) in [6, 6.07) is 12.3. The number of carboxylic acids is 1. The summed E-state index contributed by atoms with van der Waals surface area (Å²) in [5, 5.41) is 8.76. The lowest BCUT2D eigenvalue weighted by atomic mass is 10.0. The molecule has 0 unspecified atom stereocenters. The molecule has 1 saturated heterocycles. The zero-order valence-electron chi connectivity index (χ0n) is 15.3. The van der Waals surface area contributed by atoms with E-state index in [0.717, 1.165) is 24.2 Å². The lowest BCUT2D eigenvalue weighted by Crippen LogP contribution is -2.31. The van der Waals surface area contributed by atoms with Crippen LogP contribution in [0.4, 0.5) is 0 Å². The van der Waals surface area contributed by atoms with Crippen molar-refractivity contribution in [1.29, 1.82) is 0 Å². The molecule has 2 heterocycles. The first-order valence-corrected chi connectivity index (χ1v) is 9.27. The highest BCUT2D eigenvalue weighted by Crippen LogP contribution is 2.43. The summed E-state index contributed by atoms with van der Waals surface area (Å²) in [5.74, 6) is 0.618. The van der Waals surface area contributed by atoms with E-state index in [0.29, 0.717) is 36.8 Å². The van der Waals surface area contributed by atoms with Gasteiger partial charge in [-0.1, -0.05) is 18.2 Å². The number of carbonyl (C=O) groups excluding carboxylic acids is 1. The van der Waals surface area contributed by atoms with E-state index < -0.39 is 12.6 Å². The monoisotopic (exact) mass is 383 g/mol. The highest BCUT2D eigenvalue weighted by Gasteiger charge is 2.34. The second-order valence-electron chi connectivity index (χ2n) is 6.74. The van der Waals surface area contributed by atoms with Crippen LogP contribution in [0, 0.1) is 0 Å². The number of likely N-dealkylation sites (tertiary alicyclic amines) is 1. The zero-order chi connectivity index (χ0) is 19.5. The Balaban J connectivity index is 1.58. The van der Waals surface area contributed by atoms with Crippen LogP contribution in [0.3, 0.4) is 0 Å². The minimum Gasteiger partial charge on any atom is -0.486 e. The molecule has 2 aromatic carbocycles. The standard InChI is InChI=1S/C21H21NO6/c23-19(24)13-28-15-5-1-4-14(12-15)21(25)22-9-3-7-17(22)16-6-2-8-18-20(16)27-11-10-26-18/h1-2,4-6,8,12,17H,3,7,9-11,13H2,(H,23,24)/t17-/m0/s1. The van der Waals surface area contributed by atoms with Crippen LogP contribution in [0.1, 0.15) is 34.8 Å². The summed E-state index contributed by atoms with van der Waals surface area (Å²) in [5.41, 5.74) is 1.43. The highest BCUT2D eigenvalue weighted by molar-refractivity contribution is 5.95. The molecule has 1 amide bonds. The Morgan fingerprint density at radius 1 is 1.14 bits per heavy atom. The van der Waals surface area contributed by atoms with E-state index in [4.69, 9.17) is 19.3 Å². The molecular formula is C21H21NO6. The van der Waals surface area contributed by atoms with Gasteiger partial charge in [-0.15, -0.1) is 0 Å². The second-order valence-corrected chi connectivity index (χ2v) is 6.74. The third-order valence-electron chi connectivity index (χ3n) is 4.91. The van der Waals surface area contributed by atoms with Gasteiger partial charge >= 0.3 is 5.97 Å². The number of benzene rings is 2. The van der Waals surface area contributed by atoms with Gasteiger partial charge < -0.3 is 24.2 Å². The molecule has 2 aliphatic heterocycles. The van der Waals surface area contributed by atoms with Crippen molar-refractivity contribution < 1.29 is 28.9 Å². The van der Waals surface area contributed by atoms with E-state index in [9.17, 15) is 9.59 Å². The Hall–Kier alpha value is -3.22. The second kappa shape index (κ2) is 7.80. The van der Waals surface area contributed by atoms with Gasteiger partial charge in [0.15, 0.2) is 18.1 Å². The third kappa shape index (κ3) is 3.60. The fourth-order valence-electron chi connectivity index (χ4n) is 3.72. The lowest BCUT2D eigenvalue weighted by Gasteiger charge is -2.29. The van der Waals surface area contributed by atoms with Crippen LogP contribution in [-0.2, 0) is 4.79 Å². The normalized spacial score (nSPS) is 18.0. The first-order valence-electron chi connectivity index (χ1n) is 9.27. The summed E-state index contributed by atoms with van der Waals surface area (Å²) < 4.78 is 16.7. The molecule has 146 valence electrons. The number of carbonyl (C=O) groups is 2. The number of nitrogens with zero attached hydrogens (tertiary/aromatic N) is 1. The summed E-state index contributed by atoms with van der Waals surface area (Å²) in [6.07, 6.45) is 1.75. The molecule has 0 aromatic heterocycles. The quantitative estimate of drug-likeness (QED) is 0.855. The van der Waals surface area contributed by atoms with Crippen molar-refractivity contribution in [2.75, 3.05) is 26.4 Å². The van der Waals surface area contributed by atoms with Crippen molar-refractivity contribution in [1.82, 2.24) is 4.90 Å². The molecule has 7 nitrogen and oxygen atoms in total. The van der Waals surface area contributed by atoms with Gasteiger partial charge in [-0.3, -0.25) is 4.79 Å². The molecule has 0 aliphatic carbocycles. The Morgan fingerprint density at radius 3 is 2.82 bits per heavy atom. The molecule has 0 spiro atoms. The number of rotatable bonds is 5. The molecule has 0 bridgehead atoms. The SMILES string of the molecule is O=C(O)COc1cccc(C(=O)N2CCC[C@H]2c2cccc3c2OCCO3)c1. The maximum atomic E-state index is 13.2. The lowest BCUT2D eigenvalue weighted by molar-refractivity contribution is -0.139. The van der Waals surface area contributed by atoms with Crippen LogP contribution in [0.5, 0.6) is 17.2 Å². The number of hydrogen-bond donors (Lipinski definition) is 1. The van der Waals surface area contributed by atoms with E-state index >= 15 is 0 Å². The number of para-hydroxylation sites is 1. The maximum absolute atomic E-state index is 13.2. The molecule has 1 atom stereocenters. The van der Waals surface area contributed by atoms with Crippen LogP contribution in [0.25, 0.3) is 0 Å². The number of fused-ring (bicyclic) bond motifs is 1. The van der Waals surface area contributed by atoms with Crippen molar-refractivity contribution in [2.24, 2.45) is 0 Å². The Kier molecular flexibility index (Phi) is 5.06. The fourth-order valence-corrected chi connectivity index (χ4v) is 3.72. The van der Waals surface area contributed by atoms with E-state index in [1.54, 1.807) is 24.3 Å². The van der Waals surface area contributed by atoms with Gasteiger partial charge in [0.25, 0.3) is 5.91 Å². The number of hydrogen-bond acceptors (Lipinski definition) is 5. The van der Waals surface area contributed by atoms with Gasteiger partial charge in [0.1, 0.15) is 19.0 Å². The smallest absolute Gasteiger partial charge is 0.341 e. The number of carboxylic acid groups (broad SMARTS) is 1. The van der Waals surface area contributed by atoms with Gasteiger partial charge in [0.2, 0.25) is 0 Å². The molecule has 0 radical (unpaired) electrons. The van der Waals surface area contributed by atoms with Crippen LogP contribution in [0.15, 0.2) is 42.5 Å². The van der Waals surface area contributed by atoms with Crippen LogP contribution < -0.4 is 14.2 Å². The fraction of sp³-hybridized carbons (Fsp3) is 0.333. The molecule has 28 heavy (non-hydrogen) atoms. The molecule has 0 saturated carbocycles. The minimum absolute atomic E-state index is 0.0901. The van der Waals surface area contributed by atoms with Crippen molar-refractivity contribution in [3.05, 3.63) is 53.6 Å². The number of amides is 1. The van der Waals surface area contributed by atoms with Crippen molar-refractivity contribution in [2.45, 2.75) is 18.9 Å². The first-order chi connectivity index (χ1) is 13.6. The third-order valence-corrected chi connectivity index (χ3v) is 4.91. The zero-order valence-corrected chi connectivity index (χ0v) is 15.3. The van der Waals surface area contributed by atoms with Crippen molar-refractivity contribution in [3.8, 4) is 17.2 Å². The van der Waals surface area contributed by atoms with E-state index in [1.807, 2.05) is 23.1 Å². The van der Waals surface area contributed by atoms with E-state index in [1.165, 1.54) is 0 Å². The predicted octanol–water partition coefficient (Wildman–Crippen LogP) is 2.90. The summed E-state index contributed by atoms with van der Waals surface area (Å²) in [4.78, 5) is 25.7. The largest absolute Gasteiger partial charge is 0.486 e. The summed E-state index contributed by atoms with van der Waals surface area (Å²) in [6.45, 7) is 1.21. The van der Waals surface area contributed by atoms with Crippen molar-refractivity contribution in [3.63, 3.8) is 0 Å². The Labute approximate surface area is 162 Å². The average molecular weight is 383 g/mol. The number of ether oxygens (including phenoxy) is 3. The predicted molar refractivity (Wildman–Crippen MR) is 100 cm³/mol. The summed E-state index contributed by atoms with van der Waals surface area (Å²) >= 11 is 0. The van der Waals surface area contributed by atoms with Gasteiger partial charge in [-0.25, -0.2) is 4.79 Å². The van der Waals surface area contributed by atoms with Crippen LogP contribution in [-0.4, -0.2) is 48.2 Å². The van der Waals surface area contributed by atoms with Crippen LogP contribution in [0.2, 0.25) is 0 Å². The van der Waals surface area contributed by atoms with Gasteiger partial charge in [0, 0.05) is 17.7 Å². The molecule has 4 rings (SSSR count). The molecule has 2 aromatic rings. The topological polar surface area (TPSA) is 85.3 Å². The highest BCUT2D eigenvalue weighted by atomic mass is 16.6. The average Bonchev–Trinajstić information content (AvgIpc) is 3.21. The Bertz CT molecular complexity index is 896. The minimum atomic E-state index is -1.06. The Morgan fingerprint density at radius 2 is 1.96 bits per heavy atom. The van der Waals surface area contributed by atoms with E-state index in [2.05, 4.69) is 0 Å². The molecular weight excluding hydrogens is 362 g/mol. The van der Waals surface area contributed by atoms with Gasteiger partial charge in [0.05, 0.1) is 6.04 Å². The van der Waals surface area contributed by atoms with E-state index in [-0.39, 0.29) is 11.9 Å². The molecule has 7 heteroatoms.